The van der Waals surface area contributed by atoms with Gasteiger partial charge in [-0.3, -0.25) is 9.69 Å². The summed E-state index contributed by atoms with van der Waals surface area (Å²) in [7, 11) is 1.55. The molecular formula is C23H28N4O4. The van der Waals surface area contributed by atoms with E-state index in [1.807, 2.05) is 30.3 Å². The molecule has 0 bridgehead atoms. The number of amides is 2. The third-order valence-corrected chi connectivity index (χ3v) is 6.27. The van der Waals surface area contributed by atoms with Crippen LogP contribution in [0.3, 0.4) is 0 Å². The quantitative estimate of drug-likeness (QED) is 0.561. The Hall–Kier alpha value is -3.10. The zero-order valence-corrected chi connectivity index (χ0v) is 17.5. The third-order valence-electron chi connectivity index (χ3n) is 6.27. The van der Waals surface area contributed by atoms with Gasteiger partial charge in [0.1, 0.15) is 11.4 Å². The fourth-order valence-corrected chi connectivity index (χ4v) is 4.59. The minimum absolute atomic E-state index is 0.0559. The summed E-state index contributed by atoms with van der Waals surface area (Å²) in [5.41, 5.74) is 0.436. The lowest BCUT2D eigenvalue weighted by Gasteiger charge is -2.57. The first-order valence-corrected chi connectivity index (χ1v) is 10.5. The Bertz CT molecular complexity index is 934. The molecule has 8 heteroatoms. The molecule has 164 valence electrons. The summed E-state index contributed by atoms with van der Waals surface area (Å²) in [6.45, 7) is 2.10. The molecular weight excluding hydrogens is 396 g/mol. The largest absolute Gasteiger partial charge is 0.497 e. The molecule has 8 nitrogen and oxygen atoms in total. The number of benzene rings is 2. The molecule has 31 heavy (non-hydrogen) atoms. The number of methoxy groups -OCH3 is 1. The van der Waals surface area contributed by atoms with Crippen molar-refractivity contribution in [3.05, 3.63) is 65.7 Å². The minimum Gasteiger partial charge on any atom is -0.497 e. The maximum absolute atomic E-state index is 13.4. The van der Waals surface area contributed by atoms with E-state index in [-0.39, 0.29) is 17.9 Å². The molecule has 2 fully saturated rings. The number of hydrogen-bond acceptors (Lipinski definition) is 5. The Morgan fingerprint density at radius 1 is 1.19 bits per heavy atom. The summed E-state index contributed by atoms with van der Waals surface area (Å²) in [5, 5.41) is 20.0. The second kappa shape index (κ2) is 8.95. The van der Waals surface area contributed by atoms with Gasteiger partial charge in [-0.15, -0.1) is 0 Å². The number of piperazine rings is 1. The van der Waals surface area contributed by atoms with Crippen molar-refractivity contribution in [1.29, 1.82) is 0 Å². The van der Waals surface area contributed by atoms with Crippen LogP contribution in [0.15, 0.2) is 54.6 Å². The third kappa shape index (κ3) is 4.08. The highest BCUT2D eigenvalue weighted by Gasteiger charge is 2.56. The predicted molar refractivity (Wildman–Crippen MR) is 116 cm³/mol. The zero-order chi connectivity index (χ0) is 21.8. The number of ether oxygens (including phenoxy) is 1. The van der Waals surface area contributed by atoms with Crippen molar-refractivity contribution >= 4 is 12.0 Å². The highest BCUT2D eigenvalue weighted by Crippen LogP contribution is 2.34. The summed E-state index contributed by atoms with van der Waals surface area (Å²) >= 11 is 0. The topological polar surface area (TPSA) is 103 Å². The van der Waals surface area contributed by atoms with E-state index in [0.29, 0.717) is 43.9 Å². The van der Waals surface area contributed by atoms with Crippen molar-refractivity contribution < 1.29 is 19.4 Å². The van der Waals surface area contributed by atoms with Gasteiger partial charge in [0.25, 0.3) is 5.91 Å². The van der Waals surface area contributed by atoms with Crippen LogP contribution >= 0.6 is 0 Å². The first kappa shape index (κ1) is 21.1. The lowest BCUT2D eigenvalue weighted by atomic mass is 9.76. The van der Waals surface area contributed by atoms with Gasteiger partial charge < -0.3 is 25.8 Å². The van der Waals surface area contributed by atoms with Gasteiger partial charge >= 0.3 is 6.09 Å². The SMILES string of the molecule is COc1cccc(C(=O)NC2(C3CNC3)C(Cc3ccccc3)NCCN2C(=O)O)c1. The summed E-state index contributed by atoms with van der Waals surface area (Å²) in [5.74, 6) is 0.197. The van der Waals surface area contributed by atoms with E-state index in [9.17, 15) is 14.7 Å². The van der Waals surface area contributed by atoms with E-state index in [4.69, 9.17) is 4.74 Å². The van der Waals surface area contributed by atoms with Crippen LogP contribution in [0, 0.1) is 5.92 Å². The highest BCUT2D eigenvalue weighted by molar-refractivity contribution is 5.95. The first-order valence-electron chi connectivity index (χ1n) is 10.5. The van der Waals surface area contributed by atoms with E-state index in [0.717, 1.165) is 5.56 Å². The molecule has 0 radical (unpaired) electrons. The molecule has 2 saturated heterocycles. The average molecular weight is 425 g/mol. The summed E-state index contributed by atoms with van der Waals surface area (Å²) < 4.78 is 5.25. The highest BCUT2D eigenvalue weighted by atomic mass is 16.5. The number of hydrogen-bond donors (Lipinski definition) is 4. The van der Waals surface area contributed by atoms with Crippen LogP contribution in [0.4, 0.5) is 4.79 Å². The molecule has 0 saturated carbocycles. The van der Waals surface area contributed by atoms with E-state index in [2.05, 4.69) is 16.0 Å². The molecule has 2 aliphatic rings. The first-order chi connectivity index (χ1) is 15.0. The molecule has 2 amide bonds. The van der Waals surface area contributed by atoms with Crippen LogP contribution in [0.25, 0.3) is 0 Å². The average Bonchev–Trinajstić information content (AvgIpc) is 2.74. The van der Waals surface area contributed by atoms with Crippen molar-refractivity contribution in [2.24, 2.45) is 5.92 Å². The molecule has 4 rings (SSSR count). The fourth-order valence-electron chi connectivity index (χ4n) is 4.59. The van der Waals surface area contributed by atoms with Crippen LogP contribution < -0.4 is 20.7 Å². The van der Waals surface area contributed by atoms with Crippen LogP contribution in [0.5, 0.6) is 5.75 Å². The molecule has 2 aromatic carbocycles. The van der Waals surface area contributed by atoms with E-state index in [1.165, 1.54) is 4.90 Å². The second-order valence-corrected chi connectivity index (χ2v) is 8.00. The van der Waals surface area contributed by atoms with Gasteiger partial charge in [-0.1, -0.05) is 36.4 Å². The van der Waals surface area contributed by atoms with Gasteiger partial charge in [0, 0.05) is 37.7 Å². The lowest BCUT2D eigenvalue weighted by Crippen LogP contribution is -2.82. The lowest BCUT2D eigenvalue weighted by molar-refractivity contribution is -0.0484. The summed E-state index contributed by atoms with van der Waals surface area (Å²) in [6.07, 6.45) is -0.433. The Balaban J connectivity index is 1.73. The van der Waals surface area contributed by atoms with E-state index < -0.39 is 11.8 Å². The van der Waals surface area contributed by atoms with Crippen LogP contribution in [-0.4, -0.2) is 67.0 Å². The molecule has 2 heterocycles. The normalized spacial score (nSPS) is 23.6. The second-order valence-electron chi connectivity index (χ2n) is 8.00. The van der Waals surface area contributed by atoms with Crippen LogP contribution in [0.1, 0.15) is 15.9 Å². The predicted octanol–water partition coefficient (Wildman–Crippen LogP) is 1.54. The molecule has 0 aromatic heterocycles. The Labute approximate surface area is 181 Å². The van der Waals surface area contributed by atoms with Crippen molar-refractivity contribution in [3.63, 3.8) is 0 Å². The summed E-state index contributed by atoms with van der Waals surface area (Å²) in [6, 6.07) is 16.5. The standard InChI is InChI=1S/C23H28N4O4/c1-31-19-9-5-8-17(13-19)21(28)26-23(18-14-24-15-18)20(12-16-6-3-2-4-7-16)25-10-11-27(23)22(29)30/h2-9,13,18,20,24-25H,10-12,14-15H2,1H3,(H,26,28)(H,29,30). The molecule has 0 aliphatic carbocycles. The van der Waals surface area contributed by atoms with Gasteiger partial charge in [0.2, 0.25) is 0 Å². The maximum Gasteiger partial charge on any atom is 0.409 e. The number of carbonyl (C=O) groups excluding carboxylic acids is 1. The molecule has 4 N–H and O–H groups in total. The summed E-state index contributed by atoms with van der Waals surface area (Å²) in [4.78, 5) is 27.1. The number of carboxylic acid groups (broad SMARTS) is 1. The molecule has 2 aromatic rings. The van der Waals surface area contributed by atoms with Crippen molar-refractivity contribution in [3.8, 4) is 5.75 Å². The number of carbonyl (C=O) groups is 2. The van der Waals surface area contributed by atoms with Crippen molar-refractivity contribution in [1.82, 2.24) is 20.9 Å². The fraction of sp³-hybridized carbons (Fsp3) is 0.391. The van der Waals surface area contributed by atoms with Gasteiger partial charge in [-0.25, -0.2) is 4.79 Å². The number of nitrogens with zero attached hydrogens (tertiary/aromatic N) is 1. The van der Waals surface area contributed by atoms with Gasteiger partial charge in [0.05, 0.1) is 13.2 Å². The molecule has 0 spiro atoms. The molecule has 2 unspecified atom stereocenters. The Morgan fingerprint density at radius 3 is 2.61 bits per heavy atom. The minimum atomic E-state index is -1.08. The Morgan fingerprint density at radius 2 is 1.97 bits per heavy atom. The van der Waals surface area contributed by atoms with Crippen molar-refractivity contribution in [2.75, 3.05) is 33.3 Å². The van der Waals surface area contributed by atoms with E-state index in [1.54, 1.807) is 31.4 Å². The van der Waals surface area contributed by atoms with Crippen molar-refractivity contribution in [2.45, 2.75) is 18.1 Å². The smallest absolute Gasteiger partial charge is 0.409 e. The Kier molecular flexibility index (Phi) is 6.11. The maximum atomic E-state index is 13.4. The van der Waals surface area contributed by atoms with Gasteiger partial charge in [-0.2, -0.15) is 0 Å². The number of nitrogens with one attached hydrogen (secondary N) is 3. The van der Waals surface area contributed by atoms with Gasteiger partial charge in [-0.05, 0) is 30.2 Å². The molecule has 2 atom stereocenters. The van der Waals surface area contributed by atoms with E-state index >= 15 is 0 Å². The van der Waals surface area contributed by atoms with Gasteiger partial charge in [0.15, 0.2) is 0 Å². The molecule has 2 aliphatic heterocycles. The monoisotopic (exact) mass is 424 g/mol. The number of rotatable bonds is 6. The van der Waals surface area contributed by atoms with Crippen LogP contribution in [-0.2, 0) is 6.42 Å². The zero-order valence-electron chi connectivity index (χ0n) is 17.5. The van der Waals surface area contributed by atoms with Crippen LogP contribution in [0.2, 0.25) is 0 Å².